The molecule has 1 aliphatic heterocycles. The Balaban J connectivity index is 2.64. The topological polar surface area (TPSA) is 63.4 Å². The highest BCUT2D eigenvalue weighted by Gasteiger charge is 2.39. The number of nitrogens with two attached hydrogens (primary N) is 1. The van der Waals surface area contributed by atoms with E-state index in [1.165, 1.54) is 19.1 Å². The van der Waals surface area contributed by atoms with E-state index >= 15 is 0 Å². The fourth-order valence-electron chi connectivity index (χ4n) is 3.45. The first kappa shape index (κ1) is 16.9. The number of hydrogen-bond acceptors (Lipinski definition) is 4. The Morgan fingerprint density at radius 2 is 1.74 bits per heavy atom. The number of rotatable bonds is 8. The Hall–Kier alpha value is -0.130. The lowest BCUT2D eigenvalue weighted by atomic mass is 9.81. The summed E-state index contributed by atoms with van der Waals surface area (Å²) in [6, 6.07) is 0.0716. The quantitative estimate of drug-likeness (QED) is 0.740. The molecule has 0 saturated carbocycles. The van der Waals surface area contributed by atoms with Gasteiger partial charge in [-0.15, -0.1) is 0 Å². The van der Waals surface area contributed by atoms with Crippen LogP contribution in [0.5, 0.6) is 0 Å². The highest BCUT2D eigenvalue weighted by atomic mass is 32.2. The van der Waals surface area contributed by atoms with Gasteiger partial charge in [-0.05, 0) is 51.6 Å². The van der Waals surface area contributed by atoms with Gasteiger partial charge in [0.2, 0.25) is 0 Å². The number of nitrogens with zero attached hydrogens (tertiary/aromatic N) is 1. The maximum Gasteiger partial charge on any atom is 0.147 e. The molecular weight excluding hydrogens is 260 g/mol. The summed E-state index contributed by atoms with van der Waals surface area (Å²) >= 11 is 0. The van der Waals surface area contributed by atoms with Crippen molar-refractivity contribution in [2.75, 3.05) is 25.1 Å². The minimum atomic E-state index is -2.87. The molecule has 1 unspecified atom stereocenters. The van der Waals surface area contributed by atoms with E-state index in [-0.39, 0.29) is 17.3 Å². The van der Waals surface area contributed by atoms with Crippen LogP contribution < -0.4 is 5.73 Å². The molecule has 0 aromatic carbocycles. The molecule has 0 aliphatic carbocycles. The summed E-state index contributed by atoms with van der Waals surface area (Å²) in [6.45, 7) is 6.69. The SMILES string of the molecule is CCC(CC)(C(N)CCCS(C)(=O)=O)N1CCCC1. The average Bonchev–Trinajstić information content (AvgIpc) is 2.84. The predicted molar refractivity (Wildman–Crippen MR) is 81.0 cm³/mol. The van der Waals surface area contributed by atoms with Gasteiger partial charge in [0.25, 0.3) is 0 Å². The van der Waals surface area contributed by atoms with Crippen LogP contribution in [0.1, 0.15) is 52.4 Å². The van der Waals surface area contributed by atoms with Crippen LogP contribution in [0.2, 0.25) is 0 Å². The van der Waals surface area contributed by atoms with E-state index in [1.54, 1.807) is 0 Å². The number of likely N-dealkylation sites (tertiary alicyclic amines) is 1. The van der Waals surface area contributed by atoms with Gasteiger partial charge < -0.3 is 5.73 Å². The summed E-state index contributed by atoms with van der Waals surface area (Å²) < 4.78 is 22.4. The van der Waals surface area contributed by atoms with Gasteiger partial charge in [0.05, 0.1) is 0 Å². The van der Waals surface area contributed by atoms with E-state index in [1.807, 2.05) is 0 Å². The molecule has 1 heterocycles. The average molecular weight is 290 g/mol. The summed E-state index contributed by atoms with van der Waals surface area (Å²) in [4.78, 5) is 2.54. The minimum Gasteiger partial charge on any atom is -0.326 e. The smallest absolute Gasteiger partial charge is 0.147 e. The zero-order valence-electron chi connectivity index (χ0n) is 12.7. The van der Waals surface area contributed by atoms with E-state index in [4.69, 9.17) is 5.73 Å². The summed E-state index contributed by atoms with van der Waals surface area (Å²) in [6.07, 6.45) is 7.38. The lowest BCUT2D eigenvalue weighted by Gasteiger charge is -2.45. The normalized spacial score (nSPS) is 19.8. The van der Waals surface area contributed by atoms with E-state index in [0.717, 1.165) is 32.4 Å². The van der Waals surface area contributed by atoms with Gasteiger partial charge in [-0.2, -0.15) is 0 Å². The zero-order valence-corrected chi connectivity index (χ0v) is 13.5. The van der Waals surface area contributed by atoms with Gasteiger partial charge in [0.15, 0.2) is 0 Å². The van der Waals surface area contributed by atoms with Crippen molar-refractivity contribution in [1.29, 1.82) is 0 Å². The van der Waals surface area contributed by atoms with Crippen molar-refractivity contribution < 1.29 is 8.42 Å². The molecule has 114 valence electrons. The van der Waals surface area contributed by atoms with Crippen LogP contribution in [-0.4, -0.2) is 50.0 Å². The fraction of sp³-hybridized carbons (Fsp3) is 1.00. The molecule has 19 heavy (non-hydrogen) atoms. The zero-order chi connectivity index (χ0) is 14.5. The molecule has 0 amide bonds. The molecular formula is C14H30N2O2S. The van der Waals surface area contributed by atoms with E-state index in [0.29, 0.717) is 6.42 Å². The monoisotopic (exact) mass is 290 g/mol. The van der Waals surface area contributed by atoms with Crippen LogP contribution in [0.15, 0.2) is 0 Å². The van der Waals surface area contributed by atoms with E-state index in [2.05, 4.69) is 18.7 Å². The molecule has 1 aliphatic rings. The fourth-order valence-corrected chi connectivity index (χ4v) is 4.14. The molecule has 4 nitrogen and oxygen atoms in total. The molecule has 0 aromatic heterocycles. The van der Waals surface area contributed by atoms with Gasteiger partial charge in [-0.3, -0.25) is 4.90 Å². The summed E-state index contributed by atoms with van der Waals surface area (Å²) in [7, 11) is -2.87. The molecule has 1 saturated heterocycles. The van der Waals surface area contributed by atoms with Crippen molar-refractivity contribution in [2.45, 2.75) is 64.0 Å². The van der Waals surface area contributed by atoms with Crippen LogP contribution >= 0.6 is 0 Å². The third-order valence-corrected chi connectivity index (χ3v) is 5.71. The van der Waals surface area contributed by atoms with Gasteiger partial charge in [0.1, 0.15) is 9.84 Å². The van der Waals surface area contributed by atoms with Crippen LogP contribution in [0.4, 0.5) is 0 Å². The highest BCUT2D eigenvalue weighted by Crippen LogP contribution is 2.32. The van der Waals surface area contributed by atoms with Crippen molar-refractivity contribution in [2.24, 2.45) is 5.73 Å². The molecule has 1 rings (SSSR count). The van der Waals surface area contributed by atoms with Crippen LogP contribution in [-0.2, 0) is 9.84 Å². The molecule has 1 atom stereocenters. The summed E-state index contributed by atoms with van der Waals surface area (Å²) in [5.74, 6) is 0.254. The first-order valence-electron chi connectivity index (χ1n) is 7.54. The molecule has 5 heteroatoms. The second-order valence-electron chi connectivity index (χ2n) is 5.88. The van der Waals surface area contributed by atoms with E-state index in [9.17, 15) is 8.42 Å². The minimum absolute atomic E-state index is 0.0635. The summed E-state index contributed by atoms with van der Waals surface area (Å²) in [5.41, 5.74) is 6.51. The second kappa shape index (κ2) is 7.04. The Labute approximate surface area is 118 Å². The number of sulfone groups is 1. The largest absolute Gasteiger partial charge is 0.326 e. The van der Waals surface area contributed by atoms with E-state index < -0.39 is 9.84 Å². The summed E-state index contributed by atoms with van der Waals surface area (Å²) in [5, 5.41) is 0. The Bertz CT molecular complexity index is 358. The Kier molecular flexibility index (Phi) is 6.27. The lowest BCUT2D eigenvalue weighted by Crippen LogP contribution is -2.58. The predicted octanol–water partition coefficient (Wildman–Crippen LogP) is 1.79. The third kappa shape index (κ3) is 4.43. The molecule has 2 N–H and O–H groups in total. The standard InChI is InChI=1S/C14H30N2O2S/c1-4-14(5-2,16-10-6-7-11-16)13(15)9-8-12-19(3,17)18/h13H,4-12,15H2,1-3H3. The maximum atomic E-state index is 11.2. The van der Waals surface area contributed by atoms with Gasteiger partial charge in [-0.25, -0.2) is 8.42 Å². The van der Waals surface area contributed by atoms with Crippen molar-refractivity contribution in [3.8, 4) is 0 Å². The highest BCUT2D eigenvalue weighted by molar-refractivity contribution is 7.90. The number of hydrogen-bond donors (Lipinski definition) is 1. The van der Waals surface area contributed by atoms with Crippen molar-refractivity contribution in [3.05, 3.63) is 0 Å². The maximum absolute atomic E-state index is 11.2. The van der Waals surface area contributed by atoms with Crippen LogP contribution in [0.25, 0.3) is 0 Å². The van der Waals surface area contributed by atoms with Crippen LogP contribution in [0.3, 0.4) is 0 Å². The van der Waals surface area contributed by atoms with Gasteiger partial charge in [-0.1, -0.05) is 13.8 Å². The second-order valence-corrected chi connectivity index (χ2v) is 8.14. The molecule has 0 bridgehead atoms. The van der Waals surface area contributed by atoms with Crippen molar-refractivity contribution >= 4 is 9.84 Å². The van der Waals surface area contributed by atoms with Crippen molar-refractivity contribution in [1.82, 2.24) is 4.90 Å². The van der Waals surface area contributed by atoms with Crippen molar-refractivity contribution in [3.63, 3.8) is 0 Å². The third-order valence-electron chi connectivity index (χ3n) is 4.68. The van der Waals surface area contributed by atoms with Gasteiger partial charge >= 0.3 is 0 Å². The Morgan fingerprint density at radius 1 is 1.21 bits per heavy atom. The molecule has 0 spiro atoms. The molecule has 1 fully saturated rings. The Morgan fingerprint density at radius 3 is 2.16 bits per heavy atom. The first-order chi connectivity index (χ1) is 8.85. The van der Waals surface area contributed by atoms with Gasteiger partial charge in [0, 0.05) is 23.6 Å². The molecule has 0 aromatic rings. The first-order valence-corrected chi connectivity index (χ1v) is 9.60. The lowest BCUT2D eigenvalue weighted by molar-refractivity contribution is 0.0735. The van der Waals surface area contributed by atoms with Crippen LogP contribution in [0, 0.1) is 0 Å². The molecule has 0 radical (unpaired) electrons.